The molecule has 0 amide bonds. The lowest BCUT2D eigenvalue weighted by atomic mass is 9.78. The lowest BCUT2D eigenvalue weighted by Crippen LogP contribution is -2.34. The largest absolute Gasteiger partial charge is 0.366 e. The molecule has 4 aromatic rings. The molecule has 10 heteroatoms. The molecule has 7 nitrogen and oxygen atoms in total. The number of H-pyrrole nitrogens is 1. The number of aromatic amines is 1. The van der Waals surface area contributed by atoms with Gasteiger partial charge in [0.05, 0.1) is 23.2 Å². The van der Waals surface area contributed by atoms with Crippen molar-refractivity contribution in [3.63, 3.8) is 0 Å². The first kappa shape index (κ1) is 23.0. The van der Waals surface area contributed by atoms with Gasteiger partial charge in [0, 0.05) is 18.4 Å². The summed E-state index contributed by atoms with van der Waals surface area (Å²) in [6.45, 7) is 2.84. The van der Waals surface area contributed by atoms with Crippen LogP contribution in [0.2, 0.25) is 5.15 Å². The van der Waals surface area contributed by atoms with Gasteiger partial charge in [-0.25, -0.2) is 28.7 Å². The van der Waals surface area contributed by atoms with Gasteiger partial charge in [0.2, 0.25) is 0 Å². The molecule has 180 valence electrons. The molecular formula is C24H28ClF2N7. The summed E-state index contributed by atoms with van der Waals surface area (Å²) in [5, 5.41) is 4.66. The van der Waals surface area contributed by atoms with E-state index < -0.39 is 19.4 Å². The highest BCUT2D eigenvalue weighted by Gasteiger charge is 2.28. The Labute approximate surface area is 201 Å². The molecule has 5 rings (SSSR count). The SMILES string of the molecule is CCC1CCC(C)[C@H](Nc2nc(-c3c[nH]c4ncc(Cl)nc34)nc3c2ccn3C(CF)CF)C1. The molecule has 4 aromatic heterocycles. The molecule has 0 bridgehead atoms. The summed E-state index contributed by atoms with van der Waals surface area (Å²) in [5.41, 5.74) is 2.21. The minimum atomic E-state index is -0.941. The van der Waals surface area contributed by atoms with Crippen LogP contribution in [0.15, 0.2) is 24.7 Å². The second-order valence-corrected chi connectivity index (χ2v) is 9.61. The minimum absolute atomic E-state index is 0.253. The first-order valence-electron chi connectivity index (χ1n) is 11.8. The number of aromatic nitrogens is 6. The Morgan fingerprint density at radius 2 is 2.06 bits per heavy atom. The number of alkyl halides is 2. The van der Waals surface area contributed by atoms with Crippen molar-refractivity contribution in [2.45, 2.75) is 51.6 Å². The van der Waals surface area contributed by atoms with Gasteiger partial charge in [0.15, 0.2) is 11.5 Å². The molecule has 0 saturated heterocycles. The van der Waals surface area contributed by atoms with Gasteiger partial charge in [-0.1, -0.05) is 38.3 Å². The Balaban J connectivity index is 1.65. The topological polar surface area (TPSA) is 84.3 Å². The van der Waals surface area contributed by atoms with Crippen LogP contribution in [0.4, 0.5) is 14.6 Å². The van der Waals surface area contributed by atoms with Crippen molar-refractivity contribution in [1.82, 2.24) is 29.5 Å². The van der Waals surface area contributed by atoms with E-state index in [0.717, 1.165) is 24.6 Å². The van der Waals surface area contributed by atoms with E-state index in [9.17, 15) is 8.78 Å². The van der Waals surface area contributed by atoms with Gasteiger partial charge in [-0.3, -0.25) is 0 Å². The molecule has 3 atom stereocenters. The Kier molecular flexibility index (Phi) is 6.38. The molecule has 0 aromatic carbocycles. The lowest BCUT2D eigenvalue weighted by molar-refractivity contribution is 0.260. The zero-order valence-corrected chi connectivity index (χ0v) is 20.0. The van der Waals surface area contributed by atoms with Crippen molar-refractivity contribution in [3.8, 4) is 11.4 Å². The van der Waals surface area contributed by atoms with Crippen molar-refractivity contribution in [3.05, 3.63) is 29.8 Å². The van der Waals surface area contributed by atoms with Gasteiger partial charge in [-0.15, -0.1) is 0 Å². The summed E-state index contributed by atoms with van der Waals surface area (Å²) < 4.78 is 28.8. The number of halogens is 3. The lowest BCUT2D eigenvalue weighted by Gasteiger charge is -2.35. The van der Waals surface area contributed by atoms with Gasteiger partial charge in [-0.2, -0.15) is 0 Å². The van der Waals surface area contributed by atoms with Crippen LogP contribution in [0.3, 0.4) is 0 Å². The highest BCUT2D eigenvalue weighted by atomic mass is 35.5. The first-order valence-corrected chi connectivity index (χ1v) is 12.2. The standard InChI is InChI=1S/C24H28ClF2N7/c1-3-14-5-4-13(2)18(8-14)30-21-16-6-7-34(15(9-26)10-27)24(16)33-22(32-21)17-11-28-23-20(17)31-19(25)12-29-23/h6-7,11-15,18H,3-5,8-10H2,1-2H3,(H,28,29)(H,30,32,33)/t13?,14?,18-/m1/s1. The van der Waals surface area contributed by atoms with Gasteiger partial charge in [-0.05, 0) is 30.7 Å². The van der Waals surface area contributed by atoms with Crippen LogP contribution in [0.5, 0.6) is 0 Å². The number of fused-ring (bicyclic) bond motifs is 2. The maximum Gasteiger partial charge on any atom is 0.167 e. The molecular weight excluding hydrogens is 460 g/mol. The molecule has 1 aliphatic rings. The molecule has 34 heavy (non-hydrogen) atoms. The van der Waals surface area contributed by atoms with Crippen LogP contribution in [0.25, 0.3) is 33.6 Å². The van der Waals surface area contributed by atoms with E-state index in [1.165, 1.54) is 12.6 Å². The third-order valence-electron chi connectivity index (χ3n) is 7.12. The average Bonchev–Trinajstić information content (AvgIpc) is 3.46. The molecule has 1 aliphatic carbocycles. The quantitative estimate of drug-likeness (QED) is 0.327. The smallest absolute Gasteiger partial charge is 0.167 e. The van der Waals surface area contributed by atoms with E-state index >= 15 is 0 Å². The van der Waals surface area contributed by atoms with E-state index in [0.29, 0.717) is 45.9 Å². The summed E-state index contributed by atoms with van der Waals surface area (Å²) in [7, 11) is 0. The molecule has 4 heterocycles. The maximum atomic E-state index is 13.6. The first-order chi connectivity index (χ1) is 16.5. The van der Waals surface area contributed by atoms with Crippen molar-refractivity contribution < 1.29 is 8.78 Å². The minimum Gasteiger partial charge on any atom is -0.366 e. The maximum absolute atomic E-state index is 13.6. The highest BCUT2D eigenvalue weighted by molar-refractivity contribution is 6.29. The fourth-order valence-corrected chi connectivity index (χ4v) is 5.08. The van der Waals surface area contributed by atoms with Gasteiger partial charge >= 0.3 is 0 Å². The number of rotatable bonds is 7. The van der Waals surface area contributed by atoms with Crippen molar-refractivity contribution >= 4 is 39.6 Å². The molecule has 2 N–H and O–H groups in total. The van der Waals surface area contributed by atoms with Crippen LogP contribution in [-0.2, 0) is 0 Å². The van der Waals surface area contributed by atoms with Crippen LogP contribution in [0.1, 0.15) is 45.6 Å². The number of hydrogen-bond acceptors (Lipinski definition) is 5. The van der Waals surface area contributed by atoms with Crippen LogP contribution >= 0.6 is 11.6 Å². The van der Waals surface area contributed by atoms with E-state index in [4.69, 9.17) is 21.6 Å². The zero-order chi connectivity index (χ0) is 23.8. The fraction of sp³-hybridized carbons (Fsp3) is 0.500. The summed E-state index contributed by atoms with van der Waals surface area (Å²) in [5.74, 6) is 2.21. The monoisotopic (exact) mass is 487 g/mol. The zero-order valence-electron chi connectivity index (χ0n) is 19.2. The number of nitrogens with one attached hydrogen (secondary N) is 2. The molecule has 0 aliphatic heterocycles. The van der Waals surface area contributed by atoms with E-state index in [1.54, 1.807) is 17.0 Å². The van der Waals surface area contributed by atoms with Crippen LogP contribution in [0, 0.1) is 11.8 Å². The normalized spacial score (nSPS) is 21.1. The Hall–Kier alpha value is -2.81. The van der Waals surface area contributed by atoms with Crippen molar-refractivity contribution in [2.24, 2.45) is 11.8 Å². The number of anilines is 1. The second kappa shape index (κ2) is 9.44. The van der Waals surface area contributed by atoms with E-state index in [1.807, 2.05) is 6.07 Å². The van der Waals surface area contributed by atoms with E-state index in [-0.39, 0.29) is 11.2 Å². The molecule has 1 saturated carbocycles. The summed E-state index contributed by atoms with van der Waals surface area (Å²) in [4.78, 5) is 21.3. The Morgan fingerprint density at radius 3 is 2.82 bits per heavy atom. The molecule has 0 radical (unpaired) electrons. The van der Waals surface area contributed by atoms with Crippen molar-refractivity contribution in [1.29, 1.82) is 0 Å². The number of nitrogens with zero attached hydrogens (tertiary/aromatic N) is 5. The predicted octanol–water partition coefficient (Wildman–Crippen LogP) is 6.13. The highest BCUT2D eigenvalue weighted by Crippen LogP contribution is 2.35. The Morgan fingerprint density at radius 1 is 1.24 bits per heavy atom. The molecule has 2 unspecified atom stereocenters. The van der Waals surface area contributed by atoms with Crippen LogP contribution < -0.4 is 5.32 Å². The summed E-state index contributed by atoms with van der Waals surface area (Å²) >= 11 is 6.09. The van der Waals surface area contributed by atoms with E-state index in [2.05, 4.69) is 34.1 Å². The third-order valence-corrected chi connectivity index (χ3v) is 7.30. The van der Waals surface area contributed by atoms with Gasteiger partial charge in [0.25, 0.3) is 0 Å². The predicted molar refractivity (Wildman–Crippen MR) is 131 cm³/mol. The van der Waals surface area contributed by atoms with Crippen molar-refractivity contribution in [2.75, 3.05) is 18.7 Å². The summed E-state index contributed by atoms with van der Waals surface area (Å²) in [6, 6.07) is 1.14. The number of hydrogen-bond donors (Lipinski definition) is 2. The second-order valence-electron chi connectivity index (χ2n) is 9.23. The van der Waals surface area contributed by atoms with Gasteiger partial charge in [0.1, 0.15) is 35.5 Å². The average molecular weight is 488 g/mol. The molecule has 0 spiro atoms. The fourth-order valence-electron chi connectivity index (χ4n) is 4.95. The third kappa shape index (κ3) is 4.10. The summed E-state index contributed by atoms with van der Waals surface area (Å²) in [6.07, 6.45) is 9.48. The Bertz CT molecular complexity index is 1300. The molecule has 1 fully saturated rings. The van der Waals surface area contributed by atoms with Crippen LogP contribution in [-0.4, -0.2) is 48.9 Å². The van der Waals surface area contributed by atoms with Gasteiger partial charge < -0.3 is 14.9 Å².